The van der Waals surface area contributed by atoms with Gasteiger partial charge in [0.15, 0.2) is 5.01 Å². The van der Waals surface area contributed by atoms with Crippen LogP contribution in [0, 0.1) is 0 Å². The van der Waals surface area contributed by atoms with E-state index in [1.165, 1.54) is 11.3 Å². The first-order valence-corrected chi connectivity index (χ1v) is 10.5. The van der Waals surface area contributed by atoms with Crippen LogP contribution < -0.4 is 4.74 Å². The molecule has 4 atom stereocenters. The summed E-state index contributed by atoms with van der Waals surface area (Å²) in [7, 11) is 2.08. The summed E-state index contributed by atoms with van der Waals surface area (Å²) in [5.41, 5.74) is 1.38. The van der Waals surface area contributed by atoms with Gasteiger partial charge in [-0.2, -0.15) is 0 Å². The number of phenols is 1. The van der Waals surface area contributed by atoms with Crippen LogP contribution in [0.3, 0.4) is 0 Å². The van der Waals surface area contributed by atoms with E-state index in [9.17, 15) is 10.2 Å². The van der Waals surface area contributed by atoms with E-state index in [0.29, 0.717) is 15.8 Å². The monoisotopic (exact) mass is 413 g/mol. The number of aliphatic hydroxyl groups excluding tert-OH is 1. The van der Waals surface area contributed by atoms with Crippen LogP contribution in [0.2, 0.25) is 0 Å². The Hall–Kier alpha value is -2.49. The number of aromatic nitrogens is 4. The van der Waals surface area contributed by atoms with Gasteiger partial charge in [-0.25, -0.2) is 4.98 Å². The summed E-state index contributed by atoms with van der Waals surface area (Å²) in [6.45, 7) is 2.18. The summed E-state index contributed by atoms with van der Waals surface area (Å²) in [6, 6.07) is 5.51. The molecule has 8 nitrogen and oxygen atoms in total. The third kappa shape index (κ3) is 3.19. The highest BCUT2D eigenvalue weighted by atomic mass is 32.1. The maximum atomic E-state index is 10.5. The van der Waals surface area contributed by atoms with E-state index in [1.54, 1.807) is 18.6 Å². The lowest BCUT2D eigenvalue weighted by Crippen LogP contribution is -2.52. The average Bonchev–Trinajstić information content (AvgIpc) is 3.38. The number of rotatable bonds is 4. The number of aliphatic hydroxyl groups is 1. The molecule has 1 aromatic carbocycles. The molecule has 9 heteroatoms. The lowest BCUT2D eigenvalue weighted by Gasteiger charge is -2.42. The molecule has 29 heavy (non-hydrogen) atoms. The molecule has 2 aliphatic heterocycles. The molecule has 2 aliphatic rings. The Morgan fingerprint density at radius 2 is 2.14 bits per heavy atom. The van der Waals surface area contributed by atoms with Crippen molar-refractivity contribution in [1.82, 2.24) is 24.6 Å². The topological polar surface area (TPSA) is 96.5 Å². The second kappa shape index (κ2) is 6.79. The number of hydrogen-bond acceptors (Lipinski definition) is 8. The quantitative estimate of drug-likeness (QED) is 0.678. The predicted molar refractivity (Wildman–Crippen MR) is 108 cm³/mol. The van der Waals surface area contributed by atoms with Gasteiger partial charge in [0, 0.05) is 42.9 Å². The summed E-state index contributed by atoms with van der Waals surface area (Å²) in [4.78, 5) is 6.30. The summed E-state index contributed by atoms with van der Waals surface area (Å²) in [5, 5.41) is 30.3. The number of fused-ring (bicyclic) bond motifs is 2. The first-order chi connectivity index (χ1) is 13.9. The van der Waals surface area contributed by atoms with Crippen LogP contribution in [0.25, 0.3) is 16.3 Å². The zero-order valence-electron chi connectivity index (χ0n) is 16.3. The summed E-state index contributed by atoms with van der Waals surface area (Å²) >= 11 is 1.32. The van der Waals surface area contributed by atoms with Gasteiger partial charge < -0.3 is 19.5 Å². The lowest BCUT2D eigenvalue weighted by atomic mass is 9.89. The zero-order valence-corrected chi connectivity index (χ0v) is 17.1. The highest BCUT2D eigenvalue weighted by Gasteiger charge is 2.52. The smallest absolute Gasteiger partial charge is 0.294 e. The normalized spacial score (nSPS) is 29.3. The molecule has 2 N–H and O–H groups in total. The van der Waals surface area contributed by atoms with Crippen LogP contribution in [0.5, 0.6) is 10.9 Å². The second-order valence-corrected chi connectivity index (χ2v) is 9.11. The van der Waals surface area contributed by atoms with Gasteiger partial charge in [-0.3, -0.25) is 4.90 Å². The summed E-state index contributed by atoms with van der Waals surface area (Å²) in [5.74, 6) is 0.131. The van der Waals surface area contributed by atoms with Crippen molar-refractivity contribution in [3.8, 4) is 27.2 Å². The maximum absolute atomic E-state index is 10.5. The molecule has 5 rings (SSSR count). The highest BCUT2D eigenvalue weighted by Crippen LogP contribution is 2.44. The molecule has 0 aliphatic carbocycles. The number of aromatic hydroxyl groups is 1. The Labute approximate surface area is 172 Å². The number of ether oxygens (including phenoxy) is 1. The van der Waals surface area contributed by atoms with E-state index in [1.807, 2.05) is 22.9 Å². The minimum Gasteiger partial charge on any atom is -0.507 e. The van der Waals surface area contributed by atoms with Crippen molar-refractivity contribution in [1.29, 1.82) is 0 Å². The molecule has 2 saturated heterocycles. The molecular weight excluding hydrogens is 390 g/mol. The number of phenolic OH excluding ortho intramolecular Hbond substituents is 1. The molecule has 3 aromatic rings. The van der Waals surface area contributed by atoms with Crippen molar-refractivity contribution >= 4 is 11.3 Å². The van der Waals surface area contributed by atoms with Crippen LogP contribution in [0.1, 0.15) is 26.2 Å². The number of nitrogens with zero attached hydrogens (tertiary/aromatic N) is 5. The van der Waals surface area contributed by atoms with Crippen molar-refractivity contribution in [3.05, 3.63) is 36.9 Å². The van der Waals surface area contributed by atoms with Gasteiger partial charge in [0.05, 0.1) is 23.7 Å². The molecule has 4 heterocycles. The van der Waals surface area contributed by atoms with Gasteiger partial charge >= 0.3 is 0 Å². The van der Waals surface area contributed by atoms with Crippen LogP contribution in [-0.2, 0) is 0 Å². The molecule has 2 fully saturated rings. The fourth-order valence-electron chi connectivity index (χ4n) is 4.65. The van der Waals surface area contributed by atoms with E-state index in [2.05, 4.69) is 34.1 Å². The summed E-state index contributed by atoms with van der Waals surface area (Å²) < 4.78 is 7.96. The largest absolute Gasteiger partial charge is 0.507 e. The fourth-order valence-corrected chi connectivity index (χ4v) is 5.44. The Morgan fingerprint density at radius 3 is 2.86 bits per heavy atom. The summed E-state index contributed by atoms with van der Waals surface area (Å²) in [6.07, 6.45) is 7.25. The Balaban J connectivity index is 1.33. The third-order valence-corrected chi connectivity index (χ3v) is 7.15. The van der Waals surface area contributed by atoms with Crippen LogP contribution in [0.4, 0.5) is 0 Å². The SMILES string of the molecule is CN1C2C[C@@H](Oc3nnc(-c4ccc(-n5ccnc5)cc4O)s3)C[C@]1(C)C[C@H]2O. The van der Waals surface area contributed by atoms with Gasteiger partial charge in [-0.05, 0) is 32.5 Å². The average molecular weight is 414 g/mol. The molecule has 152 valence electrons. The standard InChI is InChI=1S/C20H23N5O3S/c1-20-9-13(8-15(24(20)2)17(27)10-20)28-19-23-22-18(29-19)14-4-3-12(7-16(14)26)25-6-5-21-11-25/h3-7,11,13,15,17,26-27H,8-10H2,1-2H3/t13-,15?,17-,20-/m1/s1. The van der Waals surface area contributed by atoms with Gasteiger partial charge in [0.2, 0.25) is 0 Å². The van der Waals surface area contributed by atoms with Crippen molar-refractivity contribution in [3.63, 3.8) is 0 Å². The Bertz CT molecular complexity index is 1020. The molecular formula is C20H23N5O3S. The number of likely N-dealkylation sites (N-methyl/N-ethyl adjacent to an activating group) is 1. The molecule has 2 aromatic heterocycles. The number of imidazole rings is 1. The van der Waals surface area contributed by atoms with Crippen molar-refractivity contribution in [2.24, 2.45) is 0 Å². The first-order valence-electron chi connectivity index (χ1n) is 9.66. The van der Waals surface area contributed by atoms with Gasteiger partial charge in [-0.1, -0.05) is 16.4 Å². The Morgan fingerprint density at radius 1 is 1.28 bits per heavy atom. The van der Waals surface area contributed by atoms with Gasteiger partial charge in [0.1, 0.15) is 11.9 Å². The number of benzene rings is 1. The third-order valence-electron chi connectivity index (χ3n) is 6.30. The molecule has 0 amide bonds. The molecule has 0 saturated carbocycles. The van der Waals surface area contributed by atoms with Crippen LogP contribution in [0.15, 0.2) is 36.9 Å². The number of piperidine rings is 1. The minimum atomic E-state index is -0.311. The predicted octanol–water partition coefficient (Wildman–Crippen LogP) is 2.46. The Kier molecular flexibility index (Phi) is 4.34. The van der Waals surface area contributed by atoms with E-state index in [0.717, 1.165) is 24.9 Å². The van der Waals surface area contributed by atoms with Crippen LogP contribution in [-0.4, -0.2) is 65.7 Å². The maximum Gasteiger partial charge on any atom is 0.294 e. The molecule has 0 spiro atoms. The van der Waals surface area contributed by atoms with E-state index < -0.39 is 0 Å². The molecule has 0 radical (unpaired) electrons. The number of hydrogen-bond donors (Lipinski definition) is 2. The zero-order chi connectivity index (χ0) is 20.2. The highest BCUT2D eigenvalue weighted by molar-refractivity contribution is 7.16. The van der Waals surface area contributed by atoms with Crippen molar-refractivity contribution in [2.45, 2.75) is 50.0 Å². The van der Waals surface area contributed by atoms with E-state index >= 15 is 0 Å². The van der Waals surface area contributed by atoms with E-state index in [4.69, 9.17) is 4.74 Å². The minimum absolute atomic E-state index is 0.00337. The second-order valence-electron chi connectivity index (χ2n) is 8.17. The van der Waals surface area contributed by atoms with Crippen molar-refractivity contribution in [2.75, 3.05) is 7.05 Å². The fraction of sp³-hybridized carbons (Fsp3) is 0.450. The molecule has 2 bridgehead atoms. The van der Waals surface area contributed by atoms with Crippen molar-refractivity contribution < 1.29 is 14.9 Å². The van der Waals surface area contributed by atoms with E-state index in [-0.39, 0.29) is 29.5 Å². The first kappa shape index (κ1) is 18.5. The van der Waals surface area contributed by atoms with Crippen LogP contribution >= 0.6 is 11.3 Å². The lowest BCUT2D eigenvalue weighted by molar-refractivity contribution is 0.00563. The van der Waals surface area contributed by atoms with Gasteiger partial charge in [0.25, 0.3) is 5.19 Å². The van der Waals surface area contributed by atoms with Gasteiger partial charge in [-0.15, -0.1) is 5.10 Å². The molecule has 1 unspecified atom stereocenters.